The normalized spacial score (nSPS) is 9.81. The van der Waals surface area contributed by atoms with Gasteiger partial charge >= 0.3 is 5.97 Å². The van der Waals surface area contributed by atoms with Crippen molar-refractivity contribution in [2.75, 3.05) is 7.11 Å². The van der Waals surface area contributed by atoms with Crippen molar-refractivity contribution in [2.24, 2.45) is 0 Å². The summed E-state index contributed by atoms with van der Waals surface area (Å²) in [5.41, 5.74) is 1.36. The molecular formula is C13H16O3. The van der Waals surface area contributed by atoms with Crippen LogP contribution >= 0.6 is 0 Å². The fourth-order valence-electron chi connectivity index (χ4n) is 1.51. The molecule has 0 atom stereocenters. The summed E-state index contributed by atoms with van der Waals surface area (Å²) in [6.07, 6.45) is 2.08. The van der Waals surface area contributed by atoms with Crippen LogP contribution in [0.25, 0.3) is 0 Å². The Morgan fingerprint density at radius 2 is 2.12 bits per heavy atom. The van der Waals surface area contributed by atoms with E-state index < -0.39 is 5.97 Å². The molecule has 0 bridgehead atoms. The molecule has 0 radical (unpaired) electrons. The number of aliphatic carboxylic acids is 1. The molecule has 1 N–H and O–H groups in total. The molecule has 0 spiro atoms. The number of carboxylic acids is 1. The molecule has 1 aromatic rings. The van der Waals surface area contributed by atoms with E-state index in [-0.39, 0.29) is 5.57 Å². The standard InChI is InChI=1S/C13H16O3/c1-10(13(14)15)6-5-8-11-7-3-4-9-12(11)16-2/h3-4,7,9H,1,5-6,8H2,2H3,(H,14,15). The molecule has 86 valence electrons. The topological polar surface area (TPSA) is 46.5 Å². The van der Waals surface area contributed by atoms with E-state index >= 15 is 0 Å². The molecule has 0 amide bonds. The summed E-state index contributed by atoms with van der Waals surface area (Å²) in [5, 5.41) is 8.66. The molecule has 0 saturated carbocycles. The van der Waals surface area contributed by atoms with Crippen LogP contribution in [0.3, 0.4) is 0 Å². The lowest BCUT2D eigenvalue weighted by molar-refractivity contribution is -0.132. The van der Waals surface area contributed by atoms with Gasteiger partial charge in [-0.1, -0.05) is 24.8 Å². The van der Waals surface area contributed by atoms with Crippen LogP contribution in [-0.2, 0) is 11.2 Å². The lowest BCUT2D eigenvalue weighted by Crippen LogP contribution is -2.00. The van der Waals surface area contributed by atoms with Gasteiger partial charge in [-0.3, -0.25) is 0 Å². The number of aryl methyl sites for hydroxylation is 1. The molecule has 0 heterocycles. The van der Waals surface area contributed by atoms with Gasteiger partial charge in [0.15, 0.2) is 0 Å². The van der Waals surface area contributed by atoms with Crippen LogP contribution in [0.4, 0.5) is 0 Å². The van der Waals surface area contributed by atoms with E-state index in [0.717, 1.165) is 24.2 Å². The Balaban J connectivity index is 2.48. The number of para-hydroxylation sites is 1. The second kappa shape index (κ2) is 5.95. The molecule has 0 fully saturated rings. The zero-order valence-electron chi connectivity index (χ0n) is 9.40. The minimum atomic E-state index is -0.917. The summed E-state index contributed by atoms with van der Waals surface area (Å²) in [4.78, 5) is 10.5. The van der Waals surface area contributed by atoms with Gasteiger partial charge in [-0.25, -0.2) is 4.79 Å². The maximum atomic E-state index is 10.5. The quantitative estimate of drug-likeness (QED) is 0.750. The predicted octanol–water partition coefficient (Wildman–Crippen LogP) is 2.66. The third-order valence-electron chi connectivity index (χ3n) is 2.42. The zero-order chi connectivity index (χ0) is 12.0. The van der Waals surface area contributed by atoms with Crippen molar-refractivity contribution >= 4 is 5.97 Å². The molecule has 1 rings (SSSR count). The molecule has 0 unspecified atom stereocenters. The van der Waals surface area contributed by atoms with E-state index in [1.165, 1.54) is 0 Å². The van der Waals surface area contributed by atoms with Crippen molar-refractivity contribution in [2.45, 2.75) is 19.3 Å². The summed E-state index contributed by atoms with van der Waals surface area (Å²) in [7, 11) is 1.63. The first-order valence-corrected chi connectivity index (χ1v) is 5.18. The lowest BCUT2D eigenvalue weighted by atomic mass is 10.0. The Labute approximate surface area is 95.4 Å². The minimum Gasteiger partial charge on any atom is -0.496 e. The van der Waals surface area contributed by atoms with Crippen LogP contribution < -0.4 is 4.74 Å². The minimum absolute atomic E-state index is 0.259. The van der Waals surface area contributed by atoms with Crippen molar-refractivity contribution in [3.05, 3.63) is 42.0 Å². The van der Waals surface area contributed by atoms with Gasteiger partial charge in [0.2, 0.25) is 0 Å². The number of hydrogen-bond acceptors (Lipinski definition) is 2. The van der Waals surface area contributed by atoms with E-state index in [9.17, 15) is 4.79 Å². The van der Waals surface area contributed by atoms with Crippen LogP contribution in [0, 0.1) is 0 Å². The SMILES string of the molecule is C=C(CCCc1ccccc1OC)C(=O)O. The summed E-state index contributed by atoms with van der Waals surface area (Å²) < 4.78 is 5.21. The third kappa shape index (κ3) is 3.42. The Morgan fingerprint density at radius 1 is 1.44 bits per heavy atom. The van der Waals surface area contributed by atoms with Gasteiger partial charge in [-0.15, -0.1) is 0 Å². The fourth-order valence-corrected chi connectivity index (χ4v) is 1.51. The van der Waals surface area contributed by atoms with Crippen LogP contribution in [-0.4, -0.2) is 18.2 Å². The first-order chi connectivity index (χ1) is 7.65. The maximum absolute atomic E-state index is 10.5. The lowest BCUT2D eigenvalue weighted by Gasteiger charge is -2.07. The van der Waals surface area contributed by atoms with Gasteiger partial charge in [0.05, 0.1) is 7.11 Å². The van der Waals surface area contributed by atoms with Gasteiger partial charge < -0.3 is 9.84 Å². The van der Waals surface area contributed by atoms with Crippen molar-refractivity contribution < 1.29 is 14.6 Å². The summed E-state index contributed by atoms with van der Waals surface area (Å²) >= 11 is 0. The Hall–Kier alpha value is -1.77. The Kier molecular flexibility index (Phi) is 4.58. The van der Waals surface area contributed by atoms with E-state index in [0.29, 0.717) is 6.42 Å². The third-order valence-corrected chi connectivity index (χ3v) is 2.42. The highest BCUT2D eigenvalue weighted by Gasteiger charge is 2.05. The van der Waals surface area contributed by atoms with Crippen molar-refractivity contribution in [3.63, 3.8) is 0 Å². The van der Waals surface area contributed by atoms with E-state index in [2.05, 4.69) is 6.58 Å². The molecule has 0 aliphatic heterocycles. The first-order valence-electron chi connectivity index (χ1n) is 5.18. The van der Waals surface area contributed by atoms with Gasteiger partial charge in [0, 0.05) is 5.57 Å². The van der Waals surface area contributed by atoms with E-state index in [4.69, 9.17) is 9.84 Å². The van der Waals surface area contributed by atoms with Crippen molar-refractivity contribution in [1.82, 2.24) is 0 Å². The zero-order valence-corrected chi connectivity index (χ0v) is 9.40. The van der Waals surface area contributed by atoms with Crippen LogP contribution in [0.1, 0.15) is 18.4 Å². The largest absolute Gasteiger partial charge is 0.496 e. The molecule has 0 aromatic heterocycles. The fraction of sp³-hybridized carbons (Fsp3) is 0.308. The van der Waals surface area contributed by atoms with Gasteiger partial charge in [0.1, 0.15) is 5.75 Å². The number of hydrogen-bond donors (Lipinski definition) is 1. The maximum Gasteiger partial charge on any atom is 0.330 e. The van der Waals surface area contributed by atoms with Crippen LogP contribution in [0.15, 0.2) is 36.4 Å². The Morgan fingerprint density at radius 3 is 2.75 bits per heavy atom. The van der Waals surface area contributed by atoms with Crippen molar-refractivity contribution in [1.29, 1.82) is 0 Å². The molecule has 16 heavy (non-hydrogen) atoms. The summed E-state index contributed by atoms with van der Waals surface area (Å²) in [6.45, 7) is 3.50. The summed E-state index contributed by atoms with van der Waals surface area (Å²) in [5.74, 6) is -0.0662. The Bertz CT molecular complexity index is 383. The predicted molar refractivity (Wildman–Crippen MR) is 62.7 cm³/mol. The summed E-state index contributed by atoms with van der Waals surface area (Å²) in [6, 6.07) is 7.76. The van der Waals surface area contributed by atoms with Crippen LogP contribution in [0.5, 0.6) is 5.75 Å². The molecule has 0 aliphatic rings. The van der Waals surface area contributed by atoms with E-state index in [1.807, 2.05) is 24.3 Å². The molecule has 0 saturated heterocycles. The number of carboxylic acid groups (broad SMARTS) is 1. The highest BCUT2D eigenvalue weighted by molar-refractivity contribution is 5.85. The molecule has 0 aliphatic carbocycles. The first kappa shape index (κ1) is 12.3. The smallest absolute Gasteiger partial charge is 0.330 e. The van der Waals surface area contributed by atoms with Crippen LogP contribution in [0.2, 0.25) is 0 Å². The average Bonchev–Trinajstić information content (AvgIpc) is 2.29. The molecular weight excluding hydrogens is 204 g/mol. The van der Waals surface area contributed by atoms with Gasteiger partial charge in [0.25, 0.3) is 0 Å². The van der Waals surface area contributed by atoms with Gasteiger partial charge in [-0.05, 0) is 30.9 Å². The number of benzene rings is 1. The second-order valence-corrected chi connectivity index (χ2v) is 3.57. The number of ether oxygens (including phenoxy) is 1. The molecule has 3 heteroatoms. The highest BCUT2D eigenvalue weighted by Crippen LogP contribution is 2.20. The van der Waals surface area contributed by atoms with Gasteiger partial charge in [-0.2, -0.15) is 0 Å². The second-order valence-electron chi connectivity index (χ2n) is 3.57. The number of rotatable bonds is 6. The monoisotopic (exact) mass is 220 g/mol. The van der Waals surface area contributed by atoms with Crippen molar-refractivity contribution in [3.8, 4) is 5.75 Å². The van der Waals surface area contributed by atoms with E-state index in [1.54, 1.807) is 7.11 Å². The molecule has 3 nitrogen and oxygen atoms in total. The average molecular weight is 220 g/mol. The number of methoxy groups -OCH3 is 1. The molecule has 1 aromatic carbocycles. The highest BCUT2D eigenvalue weighted by atomic mass is 16.5. The number of carbonyl (C=O) groups is 1.